The molecule has 0 spiro atoms. The average Bonchev–Trinajstić information content (AvgIpc) is 3.43. The maximum atomic E-state index is 5.35. The Morgan fingerprint density at radius 2 is 2.23 bits per heavy atom. The van der Waals surface area contributed by atoms with Crippen molar-refractivity contribution >= 4 is 41.3 Å². The third kappa shape index (κ3) is 6.47. The van der Waals surface area contributed by atoms with Gasteiger partial charge in [0, 0.05) is 44.7 Å². The standard InChI is InChI=1S/C20H27N7OS.HI/c1-5-21-20(26(3)13-17-14-29-19(25-17)15(2)28-4)23-12-16-7-9-22-18(11-16)27-10-6-8-24-27;/h6-11,14-15H,5,12-13H2,1-4H3,(H,21,23);1H. The van der Waals surface area contributed by atoms with Crippen LogP contribution in [-0.2, 0) is 17.8 Å². The Labute approximate surface area is 198 Å². The molecule has 8 nitrogen and oxygen atoms in total. The van der Waals surface area contributed by atoms with Gasteiger partial charge in [-0.2, -0.15) is 5.10 Å². The van der Waals surface area contributed by atoms with Crippen LogP contribution < -0.4 is 5.32 Å². The van der Waals surface area contributed by atoms with E-state index < -0.39 is 0 Å². The molecule has 0 aromatic carbocycles. The third-order valence-electron chi connectivity index (χ3n) is 4.33. The van der Waals surface area contributed by atoms with Gasteiger partial charge in [-0.3, -0.25) is 0 Å². The molecule has 0 amide bonds. The minimum absolute atomic E-state index is 0. The largest absolute Gasteiger partial charge is 0.375 e. The van der Waals surface area contributed by atoms with Crippen LogP contribution >= 0.6 is 35.3 Å². The monoisotopic (exact) mass is 541 g/mol. The normalized spacial score (nSPS) is 12.3. The first-order valence-electron chi connectivity index (χ1n) is 9.52. The number of nitrogens with zero attached hydrogens (tertiary/aromatic N) is 6. The van der Waals surface area contributed by atoms with Crippen molar-refractivity contribution in [3.8, 4) is 5.82 Å². The van der Waals surface area contributed by atoms with Crippen molar-refractivity contribution in [3.05, 3.63) is 58.4 Å². The fourth-order valence-electron chi connectivity index (χ4n) is 2.73. The summed E-state index contributed by atoms with van der Waals surface area (Å²) in [4.78, 5) is 15.9. The predicted molar refractivity (Wildman–Crippen MR) is 131 cm³/mol. The van der Waals surface area contributed by atoms with Crippen LogP contribution in [0.3, 0.4) is 0 Å². The van der Waals surface area contributed by atoms with Crippen LogP contribution in [0.15, 0.2) is 47.2 Å². The summed E-state index contributed by atoms with van der Waals surface area (Å²) in [6.45, 7) is 6.08. The van der Waals surface area contributed by atoms with Crippen LogP contribution in [0.2, 0.25) is 0 Å². The maximum Gasteiger partial charge on any atom is 0.194 e. The number of guanidine groups is 1. The Balaban J connectivity index is 0.00000320. The molecule has 3 aromatic heterocycles. The highest BCUT2D eigenvalue weighted by Crippen LogP contribution is 2.21. The molecule has 3 heterocycles. The smallest absolute Gasteiger partial charge is 0.194 e. The highest BCUT2D eigenvalue weighted by Gasteiger charge is 2.12. The lowest BCUT2D eigenvalue weighted by atomic mass is 10.2. The molecule has 0 aliphatic heterocycles. The Morgan fingerprint density at radius 1 is 1.40 bits per heavy atom. The van der Waals surface area contributed by atoms with E-state index in [1.807, 2.05) is 38.4 Å². The molecule has 3 aromatic rings. The van der Waals surface area contributed by atoms with Crippen LogP contribution in [0, 0.1) is 0 Å². The Kier molecular flexibility index (Phi) is 9.66. The lowest BCUT2D eigenvalue weighted by molar-refractivity contribution is 0.119. The van der Waals surface area contributed by atoms with E-state index in [-0.39, 0.29) is 30.1 Å². The van der Waals surface area contributed by atoms with Crippen molar-refractivity contribution in [1.29, 1.82) is 0 Å². The van der Waals surface area contributed by atoms with Gasteiger partial charge in [-0.1, -0.05) is 0 Å². The third-order valence-corrected chi connectivity index (χ3v) is 5.38. The van der Waals surface area contributed by atoms with E-state index in [2.05, 4.69) is 37.6 Å². The first-order valence-corrected chi connectivity index (χ1v) is 10.4. The minimum Gasteiger partial charge on any atom is -0.375 e. The summed E-state index contributed by atoms with van der Waals surface area (Å²) >= 11 is 1.62. The number of aliphatic imine (C=N–C) groups is 1. The Morgan fingerprint density at radius 3 is 2.93 bits per heavy atom. The van der Waals surface area contributed by atoms with Crippen LogP contribution in [0.5, 0.6) is 0 Å². The molecular formula is C20H28IN7OS. The van der Waals surface area contributed by atoms with Crippen molar-refractivity contribution in [3.63, 3.8) is 0 Å². The quantitative estimate of drug-likeness (QED) is 0.267. The summed E-state index contributed by atoms with van der Waals surface area (Å²) in [7, 11) is 3.71. The topological polar surface area (TPSA) is 80.5 Å². The second-order valence-corrected chi connectivity index (χ2v) is 7.44. The first kappa shape index (κ1) is 24.2. The molecule has 30 heavy (non-hydrogen) atoms. The van der Waals surface area contributed by atoms with Crippen molar-refractivity contribution in [2.45, 2.75) is 33.0 Å². The van der Waals surface area contributed by atoms with E-state index in [1.54, 1.807) is 35.5 Å². The number of nitrogens with one attached hydrogen (secondary N) is 1. The molecule has 0 aliphatic carbocycles. The van der Waals surface area contributed by atoms with Gasteiger partial charge in [-0.15, -0.1) is 35.3 Å². The molecule has 0 saturated carbocycles. The van der Waals surface area contributed by atoms with E-state index in [9.17, 15) is 0 Å². The van der Waals surface area contributed by atoms with E-state index in [0.29, 0.717) is 13.1 Å². The van der Waals surface area contributed by atoms with Crippen molar-refractivity contribution in [2.24, 2.45) is 4.99 Å². The van der Waals surface area contributed by atoms with Crippen molar-refractivity contribution < 1.29 is 4.74 Å². The van der Waals surface area contributed by atoms with Crippen LogP contribution in [0.25, 0.3) is 5.82 Å². The minimum atomic E-state index is 0. The highest BCUT2D eigenvalue weighted by atomic mass is 127. The highest BCUT2D eigenvalue weighted by molar-refractivity contribution is 14.0. The van der Waals surface area contributed by atoms with Crippen molar-refractivity contribution in [2.75, 3.05) is 20.7 Å². The van der Waals surface area contributed by atoms with E-state index in [0.717, 1.165) is 34.6 Å². The fourth-order valence-corrected chi connectivity index (χ4v) is 3.57. The molecule has 0 bridgehead atoms. The fraction of sp³-hybridized carbons (Fsp3) is 0.400. The van der Waals surface area contributed by atoms with Gasteiger partial charge in [-0.25, -0.2) is 19.6 Å². The number of methoxy groups -OCH3 is 1. The molecular weight excluding hydrogens is 513 g/mol. The number of pyridine rings is 1. The van der Waals surface area contributed by atoms with Gasteiger partial charge in [0.2, 0.25) is 0 Å². The molecule has 0 aliphatic rings. The number of hydrogen-bond donors (Lipinski definition) is 1. The van der Waals surface area contributed by atoms with Crippen LogP contribution in [-0.4, -0.2) is 51.3 Å². The number of ether oxygens (including phenoxy) is 1. The van der Waals surface area contributed by atoms with Gasteiger partial charge in [0.25, 0.3) is 0 Å². The second-order valence-electron chi connectivity index (χ2n) is 6.55. The maximum absolute atomic E-state index is 5.35. The number of halogens is 1. The zero-order chi connectivity index (χ0) is 20.6. The molecule has 1 atom stereocenters. The zero-order valence-electron chi connectivity index (χ0n) is 17.6. The molecule has 10 heteroatoms. The summed E-state index contributed by atoms with van der Waals surface area (Å²) < 4.78 is 7.09. The van der Waals surface area contributed by atoms with Crippen LogP contribution in [0.4, 0.5) is 0 Å². The van der Waals surface area contributed by atoms with Gasteiger partial charge < -0.3 is 15.0 Å². The van der Waals surface area contributed by atoms with Gasteiger partial charge in [-0.05, 0) is 37.6 Å². The van der Waals surface area contributed by atoms with E-state index >= 15 is 0 Å². The average molecular weight is 541 g/mol. The number of thiazole rings is 1. The summed E-state index contributed by atoms with van der Waals surface area (Å²) in [6.07, 6.45) is 5.41. The molecule has 1 unspecified atom stereocenters. The lowest BCUT2D eigenvalue weighted by Gasteiger charge is -2.21. The summed E-state index contributed by atoms with van der Waals surface area (Å²) in [6, 6.07) is 5.85. The number of aromatic nitrogens is 4. The number of rotatable bonds is 8. The van der Waals surface area contributed by atoms with Gasteiger partial charge in [0.05, 0.1) is 18.8 Å². The molecule has 0 radical (unpaired) electrons. The lowest BCUT2D eigenvalue weighted by Crippen LogP contribution is -2.38. The van der Waals surface area contributed by atoms with Gasteiger partial charge in [0.1, 0.15) is 11.1 Å². The Hall–Kier alpha value is -2.05. The summed E-state index contributed by atoms with van der Waals surface area (Å²) in [5.74, 6) is 1.61. The molecule has 0 saturated heterocycles. The Bertz CT molecular complexity index is 929. The van der Waals surface area contributed by atoms with E-state index in [4.69, 9.17) is 9.73 Å². The molecule has 3 rings (SSSR count). The molecule has 0 fully saturated rings. The first-order chi connectivity index (χ1) is 14.1. The van der Waals surface area contributed by atoms with Crippen molar-refractivity contribution in [1.82, 2.24) is 30.0 Å². The molecule has 1 N–H and O–H groups in total. The van der Waals surface area contributed by atoms with E-state index in [1.165, 1.54) is 0 Å². The predicted octanol–water partition coefficient (Wildman–Crippen LogP) is 3.65. The molecule has 162 valence electrons. The SMILES string of the molecule is CCNC(=NCc1ccnc(-n2cccn2)c1)N(C)Cc1csc(C(C)OC)n1.I. The number of hydrogen-bond acceptors (Lipinski definition) is 6. The summed E-state index contributed by atoms with van der Waals surface area (Å²) in [5, 5.41) is 10.6. The van der Waals surface area contributed by atoms with Crippen LogP contribution in [0.1, 0.15) is 36.2 Å². The summed E-state index contributed by atoms with van der Waals surface area (Å²) in [5.41, 5.74) is 2.08. The van der Waals surface area contributed by atoms with Gasteiger partial charge in [0.15, 0.2) is 11.8 Å². The van der Waals surface area contributed by atoms with Gasteiger partial charge >= 0.3 is 0 Å². The zero-order valence-corrected chi connectivity index (χ0v) is 20.8. The second kappa shape index (κ2) is 12.0.